The number of hydrogen-bond donors (Lipinski definition) is 2. The molecule has 108 valence electrons. The van der Waals surface area contributed by atoms with Gasteiger partial charge in [0, 0.05) is 30.3 Å². The third kappa shape index (κ3) is 2.84. The fourth-order valence-electron chi connectivity index (χ4n) is 3.31. The van der Waals surface area contributed by atoms with E-state index in [0.29, 0.717) is 6.54 Å². The van der Waals surface area contributed by atoms with Crippen molar-refractivity contribution in [1.29, 1.82) is 0 Å². The maximum atomic E-state index is 10.9. The first kappa shape index (κ1) is 14.5. The normalized spacial score (nSPS) is 21.7. The summed E-state index contributed by atoms with van der Waals surface area (Å²) in [6.45, 7) is 2.57. The molecule has 1 aliphatic carbocycles. The van der Waals surface area contributed by atoms with Gasteiger partial charge in [-0.1, -0.05) is 32.1 Å². The summed E-state index contributed by atoms with van der Waals surface area (Å²) in [6.07, 6.45) is 9.57. The van der Waals surface area contributed by atoms with Gasteiger partial charge in [-0.25, -0.2) is 0 Å². The molecule has 4 heteroatoms. The standard InChI is InChI=1S/C15H27N3O/c1-12-13(10-17-18(12)2)14(19)15(11-16)8-6-4-3-5-7-9-15/h10,14,19H,3-9,11,16H2,1-2H3. The molecule has 1 fully saturated rings. The van der Waals surface area contributed by atoms with Gasteiger partial charge in [0.25, 0.3) is 0 Å². The SMILES string of the molecule is Cc1c(C(O)C2(CN)CCCCCCC2)cnn1C. The zero-order valence-electron chi connectivity index (χ0n) is 12.2. The molecule has 3 N–H and O–H groups in total. The zero-order valence-corrected chi connectivity index (χ0v) is 12.2. The second-order valence-corrected chi connectivity index (χ2v) is 6.05. The van der Waals surface area contributed by atoms with Gasteiger partial charge in [-0.05, 0) is 19.8 Å². The fraction of sp³-hybridized carbons (Fsp3) is 0.800. The minimum atomic E-state index is -0.482. The van der Waals surface area contributed by atoms with Crippen molar-refractivity contribution in [2.75, 3.05) is 6.54 Å². The monoisotopic (exact) mass is 265 g/mol. The van der Waals surface area contributed by atoms with Crippen LogP contribution in [0.4, 0.5) is 0 Å². The summed E-state index contributed by atoms with van der Waals surface area (Å²) in [7, 11) is 1.92. The van der Waals surface area contributed by atoms with Crippen LogP contribution in [0, 0.1) is 12.3 Å². The summed E-state index contributed by atoms with van der Waals surface area (Å²) in [5.74, 6) is 0. The number of aliphatic hydroxyl groups is 1. The number of nitrogens with two attached hydrogens (primary N) is 1. The van der Waals surface area contributed by atoms with Crippen LogP contribution in [0.25, 0.3) is 0 Å². The van der Waals surface area contributed by atoms with Crippen LogP contribution in [0.1, 0.15) is 62.3 Å². The van der Waals surface area contributed by atoms with E-state index < -0.39 is 6.10 Å². The summed E-state index contributed by atoms with van der Waals surface area (Å²) in [4.78, 5) is 0. The van der Waals surface area contributed by atoms with E-state index in [9.17, 15) is 5.11 Å². The third-order valence-corrected chi connectivity index (χ3v) is 4.90. The van der Waals surface area contributed by atoms with Crippen LogP contribution in [0.5, 0.6) is 0 Å². The van der Waals surface area contributed by atoms with Gasteiger partial charge in [0.1, 0.15) is 0 Å². The average molecular weight is 265 g/mol. The van der Waals surface area contributed by atoms with Crippen LogP contribution in [0.15, 0.2) is 6.20 Å². The lowest BCUT2D eigenvalue weighted by Crippen LogP contribution is -2.37. The Kier molecular flexibility index (Phi) is 4.63. The predicted molar refractivity (Wildman–Crippen MR) is 76.7 cm³/mol. The van der Waals surface area contributed by atoms with E-state index in [2.05, 4.69) is 5.10 Å². The summed E-state index contributed by atoms with van der Waals surface area (Å²) < 4.78 is 1.83. The van der Waals surface area contributed by atoms with Gasteiger partial charge in [0.05, 0.1) is 12.3 Å². The summed E-state index contributed by atoms with van der Waals surface area (Å²) in [5, 5.41) is 15.1. The molecule has 0 aliphatic heterocycles. The highest BCUT2D eigenvalue weighted by Gasteiger charge is 2.38. The fourth-order valence-corrected chi connectivity index (χ4v) is 3.31. The van der Waals surface area contributed by atoms with Crippen molar-refractivity contribution in [3.8, 4) is 0 Å². The lowest BCUT2D eigenvalue weighted by molar-refractivity contribution is 0.00800. The Labute approximate surface area is 116 Å². The van der Waals surface area contributed by atoms with Gasteiger partial charge in [0.2, 0.25) is 0 Å². The number of hydrogen-bond acceptors (Lipinski definition) is 3. The Morgan fingerprint density at radius 1 is 1.32 bits per heavy atom. The van der Waals surface area contributed by atoms with Crippen molar-refractivity contribution >= 4 is 0 Å². The molecule has 1 heterocycles. The van der Waals surface area contributed by atoms with E-state index >= 15 is 0 Å². The quantitative estimate of drug-likeness (QED) is 0.882. The Balaban J connectivity index is 2.25. The van der Waals surface area contributed by atoms with Crippen LogP contribution in [0.3, 0.4) is 0 Å². The molecular weight excluding hydrogens is 238 g/mol. The highest BCUT2D eigenvalue weighted by Crippen LogP contribution is 2.44. The summed E-state index contributed by atoms with van der Waals surface area (Å²) >= 11 is 0. The van der Waals surface area contributed by atoms with E-state index in [4.69, 9.17) is 5.73 Å². The second kappa shape index (κ2) is 6.06. The van der Waals surface area contributed by atoms with Crippen LogP contribution in [0.2, 0.25) is 0 Å². The minimum Gasteiger partial charge on any atom is -0.388 e. The molecule has 0 amide bonds. The molecular formula is C15H27N3O. The first-order valence-corrected chi connectivity index (χ1v) is 7.47. The molecule has 1 atom stereocenters. The Morgan fingerprint density at radius 3 is 2.37 bits per heavy atom. The van der Waals surface area contributed by atoms with Gasteiger partial charge >= 0.3 is 0 Å². The van der Waals surface area contributed by atoms with Gasteiger partial charge in [-0.2, -0.15) is 5.10 Å². The number of aromatic nitrogens is 2. The molecule has 1 aliphatic rings. The number of rotatable bonds is 3. The van der Waals surface area contributed by atoms with Gasteiger partial charge in [-0.3, -0.25) is 4.68 Å². The maximum absolute atomic E-state index is 10.9. The van der Waals surface area contributed by atoms with E-state index in [1.54, 1.807) is 6.20 Å². The lowest BCUT2D eigenvalue weighted by atomic mass is 9.70. The number of nitrogens with zero attached hydrogens (tertiary/aromatic N) is 2. The molecule has 4 nitrogen and oxygen atoms in total. The van der Waals surface area contributed by atoms with Crippen molar-refractivity contribution in [2.45, 2.75) is 58.0 Å². The molecule has 1 aromatic rings. The average Bonchev–Trinajstić information content (AvgIpc) is 2.70. The highest BCUT2D eigenvalue weighted by molar-refractivity contribution is 5.21. The topological polar surface area (TPSA) is 64.1 Å². The number of aliphatic hydroxyl groups excluding tert-OH is 1. The van der Waals surface area contributed by atoms with Crippen molar-refractivity contribution in [3.05, 3.63) is 17.5 Å². The third-order valence-electron chi connectivity index (χ3n) is 4.90. The molecule has 0 spiro atoms. The number of aryl methyl sites for hydroxylation is 1. The molecule has 0 radical (unpaired) electrons. The Bertz CT molecular complexity index is 406. The van der Waals surface area contributed by atoms with Crippen molar-refractivity contribution in [2.24, 2.45) is 18.2 Å². The Hall–Kier alpha value is -0.870. The highest BCUT2D eigenvalue weighted by atomic mass is 16.3. The van der Waals surface area contributed by atoms with Crippen LogP contribution in [-0.2, 0) is 7.05 Å². The van der Waals surface area contributed by atoms with Gasteiger partial charge in [-0.15, -0.1) is 0 Å². The van der Waals surface area contributed by atoms with Crippen LogP contribution < -0.4 is 5.73 Å². The molecule has 1 unspecified atom stereocenters. The van der Waals surface area contributed by atoms with E-state index in [1.165, 1.54) is 32.1 Å². The molecule has 1 saturated carbocycles. The largest absolute Gasteiger partial charge is 0.388 e. The van der Waals surface area contributed by atoms with Gasteiger partial charge in [0.15, 0.2) is 0 Å². The predicted octanol–water partition coefficient (Wildman–Crippen LogP) is 2.45. The van der Waals surface area contributed by atoms with Crippen molar-refractivity contribution < 1.29 is 5.11 Å². The van der Waals surface area contributed by atoms with Crippen molar-refractivity contribution in [3.63, 3.8) is 0 Å². The lowest BCUT2D eigenvalue weighted by Gasteiger charge is -2.38. The van der Waals surface area contributed by atoms with E-state index in [0.717, 1.165) is 24.1 Å². The Morgan fingerprint density at radius 2 is 1.89 bits per heavy atom. The molecule has 0 aromatic carbocycles. The van der Waals surface area contributed by atoms with Crippen molar-refractivity contribution in [1.82, 2.24) is 9.78 Å². The molecule has 2 rings (SSSR count). The molecule has 0 saturated heterocycles. The first-order chi connectivity index (χ1) is 9.10. The van der Waals surface area contributed by atoms with E-state index in [-0.39, 0.29) is 5.41 Å². The maximum Gasteiger partial charge on any atom is 0.0891 e. The molecule has 1 aromatic heterocycles. The van der Waals surface area contributed by atoms with E-state index in [1.807, 2.05) is 18.7 Å². The summed E-state index contributed by atoms with van der Waals surface area (Å²) in [6, 6.07) is 0. The summed E-state index contributed by atoms with van der Waals surface area (Å²) in [5.41, 5.74) is 7.90. The molecule has 19 heavy (non-hydrogen) atoms. The molecule has 0 bridgehead atoms. The van der Waals surface area contributed by atoms with Crippen LogP contribution in [-0.4, -0.2) is 21.4 Å². The van der Waals surface area contributed by atoms with Gasteiger partial charge < -0.3 is 10.8 Å². The van der Waals surface area contributed by atoms with Crippen LogP contribution >= 0.6 is 0 Å². The first-order valence-electron chi connectivity index (χ1n) is 7.47. The zero-order chi connectivity index (χ0) is 13.9. The second-order valence-electron chi connectivity index (χ2n) is 6.05. The smallest absolute Gasteiger partial charge is 0.0891 e. The minimum absolute atomic E-state index is 0.159.